The number of aromatic nitrogens is 2. The van der Waals surface area contributed by atoms with Crippen LogP contribution in [0.1, 0.15) is 54.3 Å². The Morgan fingerprint density at radius 3 is 2.67 bits per heavy atom. The van der Waals surface area contributed by atoms with Gasteiger partial charge in [0.2, 0.25) is 0 Å². The number of rotatable bonds is 5. The monoisotopic (exact) mass is 328 g/mol. The van der Waals surface area contributed by atoms with E-state index in [1.807, 2.05) is 17.9 Å². The van der Waals surface area contributed by atoms with Crippen LogP contribution >= 0.6 is 0 Å². The SMILES string of the molecule is Cn1ncc(C2CC2)c1CNC(=O)Nc1ccc(F)c(C2CC2)c1. The lowest BCUT2D eigenvalue weighted by atomic mass is 10.1. The smallest absolute Gasteiger partial charge is 0.319 e. The van der Waals surface area contributed by atoms with Gasteiger partial charge in [0, 0.05) is 12.7 Å². The van der Waals surface area contributed by atoms with E-state index in [-0.39, 0.29) is 11.8 Å². The number of halogens is 1. The fraction of sp³-hybridized carbons (Fsp3) is 0.444. The maximum atomic E-state index is 13.8. The van der Waals surface area contributed by atoms with E-state index >= 15 is 0 Å². The first-order valence-corrected chi connectivity index (χ1v) is 8.47. The highest BCUT2D eigenvalue weighted by atomic mass is 19.1. The highest BCUT2D eigenvalue weighted by Crippen LogP contribution is 2.42. The molecule has 2 aliphatic carbocycles. The van der Waals surface area contributed by atoms with Crippen LogP contribution < -0.4 is 10.6 Å². The topological polar surface area (TPSA) is 59.0 Å². The van der Waals surface area contributed by atoms with Crippen molar-refractivity contribution >= 4 is 11.7 Å². The van der Waals surface area contributed by atoms with Crippen molar-refractivity contribution in [3.63, 3.8) is 0 Å². The van der Waals surface area contributed by atoms with Gasteiger partial charge in [-0.2, -0.15) is 5.10 Å². The second-order valence-corrected chi connectivity index (χ2v) is 6.76. The molecule has 2 amide bonds. The Hall–Kier alpha value is -2.37. The van der Waals surface area contributed by atoms with E-state index in [0.29, 0.717) is 29.6 Å². The third-order valence-corrected chi connectivity index (χ3v) is 4.80. The molecule has 2 saturated carbocycles. The molecule has 126 valence electrons. The standard InChI is InChI=1S/C18H21FN4O/c1-23-17(15(9-21-23)12-4-5-12)10-20-18(24)22-13-6-7-16(19)14(8-13)11-2-3-11/h6-9,11-12H,2-5,10H2,1H3,(H2,20,22,24). The van der Waals surface area contributed by atoms with Crippen LogP contribution in [0.15, 0.2) is 24.4 Å². The summed E-state index contributed by atoms with van der Waals surface area (Å²) < 4.78 is 15.6. The molecule has 2 fully saturated rings. The lowest BCUT2D eigenvalue weighted by molar-refractivity contribution is 0.251. The first-order valence-electron chi connectivity index (χ1n) is 8.47. The highest BCUT2D eigenvalue weighted by molar-refractivity contribution is 5.89. The van der Waals surface area contributed by atoms with E-state index in [9.17, 15) is 9.18 Å². The number of amides is 2. The van der Waals surface area contributed by atoms with E-state index in [1.54, 1.807) is 12.1 Å². The Kier molecular flexibility index (Phi) is 3.75. The molecule has 1 aromatic carbocycles. The summed E-state index contributed by atoms with van der Waals surface area (Å²) in [4.78, 5) is 12.2. The van der Waals surface area contributed by atoms with Crippen molar-refractivity contribution in [2.24, 2.45) is 7.05 Å². The van der Waals surface area contributed by atoms with Gasteiger partial charge in [-0.15, -0.1) is 0 Å². The third-order valence-electron chi connectivity index (χ3n) is 4.80. The number of anilines is 1. The van der Waals surface area contributed by atoms with Crippen LogP contribution in [0, 0.1) is 5.82 Å². The van der Waals surface area contributed by atoms with Crippen LogP contribution in [0.25, 0.3) is 0 Å². The molecule has 1 heterocycles. The van der Waals surface area contributed by atoms with E-state index in [4.69, 9.17) is 0 Å². The molecule has 5 nitrogen and oxygen atoms in total. The highest BCUT2D eigenvalue weighted by Gasteiger charge is 2.28. The molecular weight excluding hydrogens is 307 g/mol. The number of hydrogen-bond donors (Lipinski definition) is 2. The summed E-state index contributed by atoms with van der Waals surface area (Å²) in [5.74, 6) is 0.717. The predicted octanol–water partition coefficient (Wildman–Crippen LogP) is 3.64. The summed E-state index contributed by atoms with van der Waals surface area (Å²) in [7, 11) is 1.89. The fourth-order valence-corrected chi connectivity index (χ4v) is 3.10. The minimum Gasteiger partial charge on any atom is -0.332 e. The lowest BCUT2D eigenvalue weighted by Crippen LogP contribution is -2.29. The first kappa shape index (κ1) is 15.2. The van der Waals surface area contributed by atoms with Gasteiger partial charge < -0.3 is 10.6 Å². The molecule has 2 N–H and O–H groups in total. The number of benzene rings is 1. The molecule has 6 heteroatoms. The molecule has 2 aromatic rings. The van der Waals surface area contributed by atoms with Crippen LogP contribution in [0.4, 0.5) is 14.9 Å². The molecular formula is C18H21FN4O. The number of carbonyl (C=O) groups excluding carboxylic acids is 1. The van der Waals surface area contributed by atoms with Crippen molar-refractivity contribution in [1.82, 2.24) is 15.1 Å². The summed E-state index contributed by atoms with van der Waals surface area (Å²) in [5, 5.41) is 9.95. The molecule has 0 bridgehead atoms. The Balaban J connectivity index is 1.39. The fourth-order valence-electron chi connectivity index (χ4n) is 3.10. The molecule has 0 saturated heterocycles. The van der Waals surface area contributed by atoms with Gasteiger partial charge in [0.05, 0.1) is 18.4 Å². The van der Waals surface area contributed by atoms with Gasteiger partial charge in [-0.05, 0) is 66.8 Å². The zero-order valence-corrected chi connectivity index (χ0v) is 13.7. The Morgan fingerprint density at radius 2 is 1.96 bits per heavy atom. The second kappa shape index (κ2) is 5.92. The van der Waals surface area contributed by atoms with Crippen molar-refractivity contribution in [1.29, 1.82) is 0 Å². The molecule has 24 heavy (non-hydrogen) atoms. The van der Waals surface area contributed by atoms with E-state index in [2.05, 4.69) is 15.7 Å². The molecule has 4 rings (SSSR count). The number of aryl methyl sites for hydroxylation is 1. The third kappa shape index (κ3) is 3.13. The van der Waals surface area contributed by atoms with Crippen molar-refractivity contribution in [3.05, 3.63) is 47.0 Å². The molecule has 0 aliphatic heterocycles. The van der Waals surface area contributed by atoms with Gasteiger partial charge in [0.25, 0.3) is 0 Å². The number of urea groups is 1. The summed E-state index contributed by atoms with van der Waals surface area (Å²) in [6.07, 6.45) is 6.34. The number of nitrogens with zero attached hydrogens (tertiary/aromatic N) is 2. The lowest BCUT2D eigenvalue weighted by Gasteiger charge is -2.11. The van der Waals surface area contributed by atoms with E-state index < -0.39 is 0 Å². The molecule has 0 unspecified atom stereocenters. The van der Waals surface area contributed by atoms with Crippen molar-refractivity contribution in [3.8, 4) is 0 Å². The van der Waals surface area contributed by atoms with Crippen molar-refractivity contribution in [2.45, 2.75) is 44.1 Å². The van der Waals surface area contributed by atoms with Gasteiger partial charge in [-0.3, -0.25) is 4.68 Å². The zero-order valence-electron chi connectivity index (χ0n) is 13.7. The average Bonchev–Trinajstić information content (AvgIpc) is 3.46. The van der Waals surface area contributed by atoms with Crippen LogP contribution in [0.3, 0.4) is 0 Å². The minimum absolute atomic E-state index is 0.188. The Morgan fingerprint density at radius 1 is 1.25 bits per heavy atom. The summed E-state index contributed by atoms with van der Waals surface area (Å²) in [5.41, 5.74) is 3.61. The Bertz CT molecular complexity index is 777. The van der Waals surface area contributed by atoms with Gasteiger partial charge in [0.15, 0.2) is 0 Å². The first-order chi connectivity index (χ1) is 11.6. The van der Waals surface area contributed by atoms with Crippen LogP contribution in [-0.2, 0) is 13.6 Å². The average molecular weight is 328 g/mol. The Labute approximate surface area is 140 Å². The van der Waals surface area contributed by atoms with E-state index in [1.165, 1.54) is 24.5 Å². The predicted molar refractivity (Wildman–Crippen MR) is 89.4 cm³/mol. The molecule has 0 radical (unpaired) electrons. The largest absolute Gasteiger partial charge is 0.332 e. The molecule has 1 aromatic heterocycles. The van der Waals surface area contributed by atoms with Gasteiger partial charge in [-0.1, -0.05) is 0 Å². The van der Waals surface area contributed by atoms with Gasteiger partial charge >= 0.3 is 6.03 Å². The van der Waals surface area contributed by atoms with Crippen LogP contribution in [0.5, 0.6) is 0 Å². The number of carbonyl (C=O) groups is 1. The summed E-state index contributed by atoms with van der Waals surface area (Å²) >= 11 is 0. The maximum absolute atomic E-state index is 13.8. The zero-order chi connectivity index (χ0) is 16.7. The van der Waals surface area contributed by atoms with Gasteiger partial charge in [0.1, 0.15) is 5.82 Å². The van der Waals surface area contributed by atoms with E-state index in [0.717, 1.165) is 18.5 Å². The minimum atomic E-state index is -0.286. The molecule has 2 aliphatic rings. The normalized spacial score (nSPS) is 16.9. The summed E-state index contributed by atoms with van der Waals surface area (Å²) in [6.45, 7) is 0.435. The van der Waals surface area contributed by atoms with Crippen LogP contribution in [0.2, 0.25) is 0 Å². The number of hydrogen-bond acceptors (Lipinski definition) is 2. The van der Waals surface area contributed by atoms with Crippen LogP contribution in [-0.4, -0.2) is 15.8 Å². The second-order valence-electron chi connectivity index (χ2n) is 6.76. The quantitative estimate of drug-likeness (QED) is 0.880. The number of nitrogens with one attached hydrogen (secondary N) is 2. The molecule has 0 spiro atoms. The summed E-state index contributed by atoms with van der Waals surface area (Å²) in [6, 6.07) is 4.48. The van der Waals surface area contributed by atoms with Gasteiger partial charge in [-0.25, -0.2) is 9.18 Å². The maximum Gasteiger partial charge on any atom is 0.319 e. The van der Waals surface area contributed by atoms with Crippen molar-refractivity contribution in [2.75, 3.05) is 5.32 Å². The van der Waals surface area contributed by atoms with Crippen molar-refractivity contribution < 1.29 is 9.18 Å². The molecule has 0 atom stereocenters.